The van der Waals surface area contributed by atoms with Gasteiger partial charge in [0, 0.05) is 12.3 Å². The summed E-state index contributed by atoms with van der Waals surface area (Å²) >= 11 is 15.3. The zero-order chi connectivity index (χ0) is 7.28. The van der Waals surface area contributed by atoms with E-state index in [0.29, 0.717) is 0 Å². The van der Waals surface area contributed by atoms with Gasteiger partial charge in [0.25, 0.3) is 0 Å². The molecule has 2 nitrogen and oxygen atoms in total. The Labute approximate surface area is 67.8 Å². The molecule has 5 heteroatoms. The van der Waals surface area contributed by atoms with E-state index in [1.54, 1.807) is 0 Å². The molecular formula is C4H4Cl3NO. The van der Waals surface area contributed by atoms with Gasteiger partial charge in [0.2, 0.25) is 5.91 Å². The second kappa shape index (κ2) is 5.03. The maximum absolute atomic E-state index is 10.4. The van der Waals surface area contributed by atoms with Crippen LogP contribution in [0.25, 0.3) is 0 Å². The molecule has 52 valence electrons. The highest BCUT2D eigenvalue weighted by Crippen LogP contribution is 1.95. The number of hydrogen-bond donors (Lipinski definition) is 0. The van der Waals surface area contributed by atoms with Gasteiger partial charge in [-0.05, 0) is 23.2 Å². The van der Waals surface area contributed by atoms with Gasteiger partial charge in [-0.25, -0.2) is 0 Å². The average Bonchev–Trinajstić information content (AvgIpc) is 1.63. The monoisotopic (exact) mass is 187 g/mol. The Kier molecular flexibility index (Phi) is 5.15. The molecule has 0 spiro atoms. The summed E-state index contributed by atoms with van der Waals surface area (Å²) in [5.41, 5.74) is 0. The summed E-state index contributed by atoms with van der Waals surface area (Å²) < 4.78 is -0.273. The number of amides is 1. The van der Waals surface area contributed by atoms with Crippen molar-refractivity contribution < 1.29 is 4.79 Å². The van der Waals surface area contributed by atoms with Crippen LogP contribution in [0.15, 0.2) is 4.99 Å². The lowest BCUT2D eigenvalue weighted by molar-refractivity contribution is -0.117. The van der Waals surface area contributed by atoms with Crippen molar-refractivity contribution >= 4 is 45.3 Å². The highest BCUT2D eigenvalue weighted by molar-refractivity contribution is 6.95. The summed E-state index contributed by atoms with van der Waals surface area (Å²) in [7, 11) is 0. The molecule has 1 amide bonds. The third kappa shape index (κ3) is 6.09. The number of nitrogens with zero attached hydrogens (tertiary/aromatic N) is 1. The van der Waals surface area contributed by atoms with Crippen molar-refractivity contribution in [3.8, 4) is 0 Å². The number of hydrogen-bond acceptors (Lipinski definition) is 1. The van der Waals surface area contributed by atoms with Crippen LogP contribution in [0.1, 0.15) is 6.42 Å². The quantitative estimate of drug-likeness (QED) is 0.481. The molecule has 0 heterocycles. The maximum Gasteiger partial charge on any atom is 0.249 e. The van der Waals surface area contributed by atoms with Crippen LogP contribution in [0, 0.1) is 0 Å². The zero-order valence-electron chi connectivity index (χ0n) is 4.40. The molecule has 0 aliphatic carbocycles. The van der Waals surface area contributed by atoms with E-state index >= 15 is 0 Å². The second-order valence-electron chi connectivity index (χ2n) is 1.18. The summed E-state index contributed by atoms with van der Waals surface area (Å²) in [4.78, 5) is 13.6. The third-order valence-electron chi connectivity index (χ3n) is 0.518. The number of carbonyl (C=O) groups excluding carboxylic acids is 1. The Hall–Kier alpha value is 0.210. The van der Waals surface area contributed by atoms with Crippen LogP contribution >= 0.6 is 34.8 Å². The van der Waals surface area contributed by atoms with Crippen molar-refractivity contribution in [1.82, 2.24) is 0 Å². The molecule has 0 saturated heterocycles. The van der Waals surface area contributed by atoms with Crippen LogP contribution in [0.2, 0.25) is 0 Å². The van der Waals surface area contributed by atoms with E-state index in [9.17, 15) is 4.79 Å². The highest BCUT2D eigenvalue weighted by Gasteiger charge is 1.96. The first-order valence-electron chi connectivity index (χ1n) is 2.15. The Morgan fingerprint density at radius 1 is 1.44 bits per heavy atom. The molecule has 0 aromatic rings. The molecule has 0 rings (SSSR count). The van der Waals surface area contributed by atoms with Gasteiger partial charge in [-0.3, -0.25) is 4.79 Å². The lowest BCUT2D eigenvalue weighted by Gasteiger charge is -1.85. The molecule has 0 bridgehead atoms. The zero-order valence-corrected chi connectivity index (χ0v) is 6.67. The molecule has 0 saturated carbocycles. The summed E-state index contributed by atoms with van der Waals surface area (Å²) in [5.74, 6) is -0.159. The molecule has 0 radical (unpaired) electrons. The molecule has 0 N–H and O–H groups in total. The van der Waals surface area contributed by atoms with E-state index in [0.717, 1.165) is 0 Å². The topological polar surface area (TPSA) is 29.4 Å². The maximum atomic E-state index is 10.4. The van der Waals surface area contributed by atoms with Crippen LogP contribution in [-0.2, 0) is 4.79 Å². The number of rotatable bonds is 2. The predicted octanol–water partition coefficient (Wildman–Crippen LogP) is 1.98. The second-order valence-corrected chi connectivity index (χ2v) is 2.47. The fourth-order valence-corrected chi connectivity index (χ4v) is 0.581. The van der Waals surface area contributed by atoms with Crippen LogP contribution < -0.4 is 0 Å². The predicted molar refractivity (Wildman–Crippen MR) is 39.5 cm³/mol. The Balaban J connectivity index is 3.63. The van der Waals surface area contributed by atoms with Crippen molar-refractivity contribution in [1.29, 1.82) is 0 Å². The van der Waals surface area contributed by atoms with Crippen molar-refractivity contribution in [3.63, 3.8) is 0 Å². The van der Waals surface area contributed by atoms with E-state index in [-0.39, 0.29) is 16.9 Å². The standard InChI is InChI=1S/C4H4Cl3NO/c5-2-1-3(9)8-4(6)7/h1-2H2. The number of aliphatic imine (C=N–C) groups is 1. The SMILES string of the molecule is O=C(CCCl)N=C(Cl)Cl. The smallest absolute Gasteiger partial charge is 0.249 e. The summed E-state index contributed by atoms with van der Waals surface area (Å²) in [6.45, 7) is 0. The Bertz CT molecular complexity index is 130. The van der Waals surface area contributed by atoms with Gasteiger partial charge < -0.3 is 0 Å². The van der Waals surface area contributed by atoms with E-state index < -0.39 is 5.91 Å². The van der Waals surface area contributed by atoms with E-state index in [1.807, 2.05) is 0 Å². The Morgan fingerprint density at radius 3 is 2.33 bits per heavy atom. The van der Waals surface area contributed by atoms with Crippen molar-refractivity contribution in [2.45, 2.75) is 6.42 Å². The average molecular weight is 188 g/mol. The molecule has 0 aliphatic rings. The summed E-state index contributed by atoms with van der Waals surface area (Å²) in [6.07, 6.45) is 0.171. The lowest BCUT2D eigenvalue weighted by Crippen LogP contribution is -1.94. The van der Waals surface area contributed by atoms with Crippen molar-refractivity contribution in [3.05, 3.63) is 0 Å². The molecule has 9 heavy (non-hydrogen) atoms. The molecular weight excluding hydrogens is 184 g/mol. The number of carbonyl (C=O) groups is 1. The van der Waals surface area contributed by atoms with Gasteiger partial charge in [0.15, 0.2) is 4.63 Å². The molecule has 0 atom stereocenters. The van der Waals surface area contributed by atoms with Gasteiger partial charge in [0.05, 0.1) is 0 Å². The minimum absolute atomic E-state index is 0.171. The highest BCUT2D eigenvalue weighted by atomic mass is 35.5. The van der Waals surface area contributed by atoms with Gasteiger partial charge in [-0.15, -0.1) is 11.6 Å². The van der Waals surface area contributed by atoms with Crippen molar-refractivity contribution in [2.24, 2.45) is 4.99 Å². The van der Waals surface area contributed by atoms with Gasteiger partial charge >= 0.3 is 0 Å². The van der Waals surface area contributed by atoms with Crippen molar-refractivity contribution in [2.75, 3.05) is 5.88 Å². The van der Waals surface area contributed by atoms with E-state index in [1.165, 1.54) is 0 Å². The normalized spacial score (nSPS) is 8.78. The summed E-state index contributed by atoms with van der Waals surface area (Å²) in [6, 6.07) is 0. The molecule has 0 fully saturated rings. The first-order valence-corrected chi connectivity index (χ1v) is 3.44. The number of halogens is 3. The van der Waals surface area contributed by atoms with Gasteiger partial charge in [-0.1, -0.05) is 0 Å². The summed E-state index contributed by atoms with van der Waals surface area (Å²) in [5, 5.41) is 0. The fourth-order valence-electron chi connectivity index (χ4n) is 0.231. The van der Waals surface area contributed by atoms with Gasteiger partial charge in [0.1, 0.15) is 0 Å². The van der Waals surface area contributed by atoms with Gasteiger partial charge in [-0.2, -0.15) is 4.99 Å². The van der Waals surface area contributed by atoms with E-state index in [2.05, 4.69) is 4.99 Å². The minimum Gasteiger partial charge on any atom is -0.272 e. The van der Waals surface area contributed by atoms with Crippen LogP contribution in [0.5, 0.6) is 0 Å². The minimum atomic E-state index is -0.398. The van der Waals surface area contributed by atoms with Crippen LogP contribution in [0.4, 0.5) is 0 Å². The number of alkyl halides is 1. The van der Waals surface area contributed by atoms with E-state index in [4.69, 9.17) is 34.8 Å². The fraction of sp³-hybridized carbons (Fsp3) is 0.500. The molecule has 0 aromatic heterocycles. The van der Waals surface area contributed by atoms with Crippen LogP contribution in [0.3, 0.4) is 0 Å². The molecule has 0 unspecified atom stereocenters. The lowest BCUT2D eigenvalue weighted by atomic mass is 10.5. The van der Waals surface area contributed by atoms with Crippen LogP contribution in [-0.4, -0.2) is 16.4 Å². The molecule has 0 aromatic carbocycles. The Morgan fingerprint density at radius 2 is 2.00 bits per heavy atom. The third-order valence-corrected chi connectivity index (χ3v) is 0.876. The largest absolute Gasteiger partial charge is 0.272 e. The molecule has 0 aliphatic heterocycles. The first-order chi connectivity index (χ1) is 4.16. The first kappa shape index (κ1) is 9.21.